The normalized spacial score (nSPS) is 11.8. The van der Waals surface area contributed by atoms with Gasteiger partial charge < -0.3 is 15.2 Å². The fourth-order valence-corrected chi connectivity index (χ4v) is 2.68. The van der Waals surface area contributed by atoms with E-state index < -0.39 is 6.10 Å². The summed E-state index contributed by atoms with van der Waals surface area (Å²) in [7, 11) is 1.59. The van der Waals surface area contributed by atoms with Gasteiger partial charge in [-0.15, -0.1) is 5.10 Å². The first-order valence-electron chi connectivity index (χ1n) is 8.60. The van der Waals surface area contributed by atoms with Gasteiger partial charge in [0.2, 0.25) is 5.82 Å². The maximum Gasteiger partial charge on any atom is 0.291 e. The highest BCUT2D eigenvalue weighted by molar-refractivity contribution is 5.90. The number of benzene rings is 2. The first-order valence-corrected chi connectivity index (χ1v) is 8.60. The van der Waals surface area contributed by atoms with Crippen molar-refractivity contribution in [1.82, 2.24) is 20.1 Å². The van der Waals surface area contributed by atoms with E-state index in [1.54, 1.807) is 31.4 Å². The van der Waals surface area contributed by atoms with Crippen molar-refractivity contribution in [2.24, 2.45) is 0 Å². The average molecular weight is 366 g/mol. The van der Waals surface area contributed by atoms with Gasteiger partial charge in [-0.1, -0.05) is 42.0 Å². The summed E-state index contributed by atoms with van der Waals surface area (Å²) in [5.41, 5.74) is 2.88. The standard InChI is InChI=1S/C20H22N4O3/c1-14-4-3-5-15(10-14)11-21-20(26)19-22-13-24(23-19)12-18(25)16-6-8-17(27-2)9-7-16/h3-10,13,18,25H,11-12H2,1-2H3,(H,21,26)/t18-/m0/s1. The summed E-state index contributed by atoms with van der Waals surface area (Å²) in [5.74, 6) is 0.443. The Labute approximate surface area is 157 Å². The number of aryl methyl sites for hydroxylation is 1. The maximum atomic E-state index is 12.2. The van der Waals surface area contributed by atoms with E-state index in [2.05, 4.69) is 15.4 Å². The molecule has 3 rings (SSSR count). The summed E-state index contributed by atoms with van der Waals surface area (Å²) >= 11 is 0. The number of amides is 1. The Morgan fingerprint density at radius 2 is 2.04 bits per heavy atom. The first-order chi connectivity index (χ1) is 13.0. The smallest absolute Gasteiger partial charge is 0.291 e. The van der Waals surface area contributed by atoms with Gasteiger partial charge in [-0.3, -0.25) is 4.79 Å². The van der Waals surface area contributed by atoms with Crippen molar-refractivity contribution in [1.29, 1.82) is 0 Å². The van der Waals surface area contributed by atoms with Gasteiger partial charge >= 0.3 is 0 Å². The zero-order chi connectivity index (χ0) is 19.2. The van der Waals surface area contributed by atoms with Crippen molar-refractivity contribution in [3.8, 4) is 5.75 Å². The van der Waals surface area contributed by atoms with Crippen molar-refractivity contribution in [2.75, 3.05) is 7.11 Å². The monoisotopic (exact) mass is 366 g/mol. The number of aromatic nitrogens is 3. The molecule has 2 N–H and O–H groups in total. The molecule has 3 aromatic rings. The van der Waals surface area contributed by atoms with Crippen LogP contribution in [0.15, 0.2) is 54.9 Å². The number of hydrogen-bond donors (Lipinski definition) is 2. The maximum absolute atomic E-state index is 12.2. The molecule has 0 fully saturated rings. The molecule has 0 bridgehead atoms. The molecule has 0 aliphatic carbocycles. The van der Waals surface area contributed by atoms with Crippen LogP contribution in [0, 0.1) is 6.92 Å². The lowest BCUT2D eigenvalue weighted by atomic mass is 10.1. The fourth-order valence-electron chi connectivity index (χ4n) is 2.68. The van der Waals surface area contributed by atoms with E-state index in [4.69, 9.17) is 4.74 Å². The van der Waals surface area contributed by atoms with E-state index in [0.29, 0.717) is 6.54 Å². The predicted octanol–water partition coefficient (Wildman–Crippen LogP) is 2.26. The topological polar surface area (TPSA) is 89.3 Å². The van der Waals surface area contributed by atoms with Crippen LogP contribution in [0.25, 0.3) is 0 Å². The molecule has 7 nitrogen and oxygen atoms in total. The van der Waals surface area contributed by atoms with Crippen LogP contribution in [0.4, 0.5) is 0 Å². The van der Waals surface area contributed by atoms with E-state index in [0.717, 1.165) is 22.4 Å². The van der Waals surface area contributed by atoms with Crippen LogP contribution >= 0.6 is 0 Å². The van der Waals surface area contributed by atoms with Crippen LogP contribution in [0.5, 0.6) is 5.75 Å². The largest absolute Gasteiger partial charge is 0.497 e. The minimum absolute atomic E-state index is 0.0737. The number of carbonyl (C=O) groups excluding carboxylic acids is 1. The number of ether oxygens (including phenoxy) is 1. The number of aliphatic hydroxyl groups excluding tert-OH is 1. The third-order valence-electron chi connectivity index (χ3n) is 4.14. The van der Waals surface area contributed by atoms with Crippen LogP contribution in [0.2, 0.25) is 0 Å². The molecule has 0 radical (unpaired) electrons. The van der Waals surface area contributed by atoms with Gasteiger partial charge in [0.1, 0.15) is 12.1 Å². The molecule has 0 aliphatic rings. The molecule has 1 amide bonds. The molecule has 0 aliphatic heterocycles. The molecule has 0 unspecified atom stereocenters. The molecular weight excluding hydrogens is 344 g/mol. The summed E-state index contributed by atoms with van der Waals surface area (Å²) in [4.78, 5) is 16.2. The van der Waals surface area contributed by atoms with Crippen LogP contribution in [-0.2, 0) is 13.1 Å². The number of nitrogens with one attached hydrogen (secondary N) is 1. The number of hydrogen-bond acceptors (Lipinski definition) is 5. The lowest BCUT2D eigenvalue weighted by molar-refractivity contribution is 0.0938. The fraction of sp³-hybridized carbons (Fsp3) is 0.250. The zero-order valence-corrected chi connectivity index (χ0v) is 15.3. The van der Waals surface area contributed by atoms with Crippen LogP contribution < -0.4 is 10.1 Å². The SMILES string of the molecule is COc1ccc([C@@H](O)Cn2cnc(C(=O)NCc3cccc(C)c3)n2)cc1. The molecular formula is C20H22N4O3. The van der Waals surface area contributed by atoms with Gasteiger partial charge in [-0.25, -0.2) is 9.67 Å². The second-order valence-corrected chi connectivity index (χ2v) is 6.25. The van der Waals surface area contributed by atoms with Gasteiger partial charge in [-0.05, 0) is 30.2 Å². The van der Waals surface area contributed by atoms with Gasteiger partial charge in [0.15, 0.2) is 0 Å². The van der Waals surface area contributed by atoms with E-state index in [1.165, 1.54) is 11.0 Å². The second kappa shape index (κ2) is 8.46. The van der Waals surface area contributed by atoms with E-state index >= 15 is 0 Å². The highest BCUT2D eigenvalue weighted by Gasteiger charge is 2.14. The van der Waals surface area contributed by atoms with E-state index in [9.17, 15) is 9.90 Å². The number of rotatable bonds is 7. The Balaban J connectivity index is 1.57. The number of methoxy groups -OCH3 is 1. The second-order valence-electron chi connectivity index (χ2n) is 6.25. The molecule has 0 saturated carbocycles. The molecule has 2 aromatic carbocycles. The Kier molecular flexibility index (Phi) is 5.83. The third-order valence-corrected chi connectivity index (χ3v) is 4.14. The summed E-state index contributed by atoms with van der Waals surface area (Å²) in [5, 5.41) is 17.3. The quantitative estimate of drug-likeness (QED) is 0.669. The number of nitrogens with zero attached hydrogens (tertiary/aromatic N) is 3. The molecule has 0 saturated heterocycles. The Bertz CT molecular complexity index is 906. The molecule has 1 heterocycles. The van der Waals surface area contributed by atoms with Crippen molar-refractivity contribution in [3.05, 3.63) is 77.4 Å². The van der Waals surface area contributed by atoms with Gasteiger partial charge in [0.25, 0.3) is 5.91 Å². The summed E-state index contributed by atoms with van der Waals surface area (Å²) in [6.07, 6.45) is 0.676. The Hall–Kier alpha value is -3.19. The number of aliphatic hydroxyl groups is 1. The van der Waals surface area contributed by atoms with E-state index in [-0.39, 0.29) is 18.3 Å². The lowest BCUT2D eigenvalue weighted by Gasteiger charge is -2.11. The van der Waals surface area contributed by atoms with Gasteiger partial charge in [0.05, 0.1) is 19.8 Å². The summed E-state index contributed by atoms with van der Waals surface area (Å²) < 4.78 is 6.56. The number of carbonyl (C=O) groups is 1. The molecule has 0 spiro atoms. The van der Waals surface area contributed by atoms with Crippen molar-refractivity contribution < 1.29 is 14.6 Å². The van der Waals surface area contributed by atoms with Gasteiger partial charge in [-0.2, -0.15) is 0 Å². The minimum Gasteiger partial charge on any atom is -0.497 e. The van der Waals surface area contributed by atoms with Gasteiger partial charge in [0, 0.05) is 6.54 Å². The van der Waals surface area contributed by atoms with Crippen molar-refractivity contribution in [3.63, 3.8) is 0 Å². The first kappa shape index (κ1) is 18.6. The average Bonchev–Trinajstić information content (AvgIpc) is 3.15. The predicted molar refractivity (Wildman–Crippen MR) is 100 cm³/mol. The minimum atomic E-state index is -0.763. The van der Waals surface area contributed by atoms with E-state index in [1.807, 2.05) is 31.2 Å². The van der Waals surface area contributed by atoms with Crippen LogP contribution in [0.3, 0.4) is 0 Å². The highest BCUT2D eigenvalue weighted by Crippen LogP contribution is 2.18. The van der Waals surface area contributed by atoms with Crippen molar-refractivity contribution >= 4 is 5.91 Å². The Morgan fingerprint density at radius 1 is 1.26 bits per heavy atom. The lowest BCUT2D eigenvalue weighted by Crippen LogP contribution is -2.24. The summed E-state index contributed by atoms with van der Waals surface area (Å²) in [6.45, 7) is 2.61. The Morgan fingerprint density at radius 3 is 2.74 bits per heavy atom. The van der Waals surface area contributed by atoms with Crippen LogP contribution in [-0.4, -0.2) is 32.9 Å². The van der Waals surface area contributed by atoms with Crippen LogP contribution in [0.1, 0.15) is 33.4 Å². The summed E-state index contributed by atoms with van der Waals surface area (Å²) in [6, 6.07) is 15.1. The third kappa shape index (κ3) is 4.92. The molecule has 1 atom stereocenters. The van der Waals surface area contributed by atoms with Crippen molar-refractivity contribution in [2.45, 2.75) is 26.1 Å². The molecule has 140 valence electrons. The molecule has 1 aromatic heterocycles. The highest BCUT2D eigenvalue weighted by atomic mass is 16.5. The molecule has 7 heteroatoms. The molecule has 27 heavy (non-hydrogen) atoms. The zero-order valence-electron chi connectivity index (χ0n) is 15.3.